The zero-order valence-corrected chi connectivity index (χ0v) is 18.0. The number of anilines is 1. The van der Waals surface area contributed by atoms with Crippen LogP contribution in [0.25, 0.3) is 15.3 Å². The Hall–Kier alpha value is -3.11. The van der Waals surface area contributed by atoms with E-state index >= 15 is 0 Å². The first-order valence-corrected chi connectivity index (χ1v) is 10.7. The van der Waals surface area contributed by atoms with E-state index in [4.69, 9.17) is 0 Å². The van der Waals surface area contributed by atoms with E-state index in [0.717, 1.165) is 20.3 Å². The van der Waals surface area contributed by atoms with Crippen LogP contribution < -0.4 is 5.32 Å². The highest BCUT2D eigenvalue weighted by atomic mass is 79.9. The molecule has 3 heterocycles. The van der Waals surface area contributed by atoms with Crippen LogP contribution in [-0.4, -0.2) is 25.6 Å². The number of amides is 1. The van der Waals surface area contributed by atoms with E-state index in [2.05, 4.69) is 31.3 Å². The number of thiazole rings is 1. The van der Waals surface area contributed by atoms with Gasteiger partial charge >= 0.3 is 0 Å². The van der Waals surface area contributed by atoms with E-state index in [0.29, 0.717) is 22.2 Å². The number of fused-ring (bicyclic) bond motifs is 2. The first-order chi connectivity index (χ1) is 14.4. The fourth-order valence-electron chi connectivity index (χ4n) is 3.88. The number of nitrogens with zero attached hydrogens (tertiary/aromatic N) is 4. The van der Waals surface area contributed by atoms with E-state index in [1.165, 1.54) is 17.4 Å². The minimum absolute atomic E-state index is 0.000127. The van der Waals surface area contributed by atoms with Crippen molar-refractivity contribution < 1.29 is 9.72 Å². The highest BCUT2D eigenvalue weighted by Gasteiger charge is 2.36. The second-order valence-electron chi connectivity index (χ2n) is 6.99. The zero-order valence-electron chi connectivity index (χ0n) is 15.6. The monoisotopic (exact) mass is 483 g/mol. The van der Waals surface area contributed by atoms with Crippen molar-refractivity contribution >= 4 is 54.9 Å². The molecule has 2 aromatic carbocycles. The van der Waals surface area contributed by atoms with Gasteiger partial charge in [0.2, 0.25) is 11.0 Å². The van der Waals surface area contributed by atoms with E-state index < -0.39 is 10.8 Å². The Bertz CT molecular complexity index is 1350. The van der Waals surface area contributed by atoms with Gasteiger partial charge in [-0.25, -0.2) is 4.98 Å². The van der Waals surface area contributed by atoms with Crippen molar-refractivity contribution in [3.05, 3.63) is 73.9 Å². The molecule has 0 fully saturated rings. The molecule has 1 amide bonds. The molecule has 2 aromatic heterocycles. The standard InChI is InChI=1S/C20H14BrN5O3S/c1-10-18-13(12-4-2-3-5-15(12)26(28)29)9-17(27)23-19(18)25(24-10)20-22-14-7-6-11(21)8-16(14)30-20/h2-8,13H,9H2,1H3,(H,23,27)/t13-/m0/s1. The van der Waals surface area contributed by atoms with Crippen molar-refractivity contribution in [1.29, 1.82) is 0 Å². The van der Waals surface area contributed by atoms with Crippen molar-refractivity contribution in [2.24, 2.45) is 0 Å². The normalized spacial score (nSPS) is 15.8. The quantitative estimate of drug-likeness (QED) is 0.328. The Balaban J connectivity index is 1.69. The number of nitrogens with one attached hydrogen (secondary N) is 1. The van der Waals surface area contributed by atoms with E-state index in [9.17, 15) is 14.9 Å². The number of carbonyl (C=O) groups excluding carboxylic acids is 1. The Kier molecular flexibility index (Phi) is 4.40. The molecule has 0 bridgehead atoms. The second-order valence-corrected chi connectivity index (χ2v) is 8.91. The first-order valence-electron chi connectivity index (χ1n) is 9.11. The molecule has 4 aromatic rings. The molecular weight excluding hydrogens is 470 g/mol. The van der Waals surface area contributed by atoms with Crippen LogP contribution in [0.3, 0.4) is 0 Å². The maximum atomic E-state index is 12.6. The van der Waals surface area contributed by atoms with Crippen molar-refractivity contribution in [2.75, 3.05) is 5.32 Å². The molecule has 0 radical (unpaired) electrons. The molecule has 10 heteroatoms. The number of carbonyl (C=O) groups is 1. The molecule has 8 nitrogen and oxygen atoms in total. The lowest BCUT2D eigenvalue weighted by molar-refractivity contribution is -0.385. The highest BCUT2D eigenvalue weighted by molar-refractivity contribution is 9.10. The summed E-state index contributed by atoms with van der Waals surface area (Å²) in [6.45, 7) is 1.85. The number of halogens is 1. The lowest BCUT2D eigenvalue weighted by atomic mass is 9.85. The summed E-state index contributed by atoms with van der Waals surface area (Å²) in [6.07, 6.45) is 0.122. The average Bonchev–Trinajstić information content (AvgIpc) is 3.27. The van der Waals surface area contributed by atoms with Crippen LogP contribution in [0, 0.1) is 17.0 Å². The van der Waals surface area contributed by atoms with Crippen LogP contribution in [0.1, 0.15) is 29.2 Å². The summed E-state index contributed by atoms with van der Waals surface area (Å²) < 4.78 is 3.56. The number of hydrogen-bond donors (Lipinski definition) is 1. The molecular formula is C20H14BrN5O3S. The van der Waals surface area contributed by atoms with Gasteiger partial charge < -0.3 is 5.32 Å². The third-order valence-electron chi connectivity index (χ3n) is 5.13. The molecule has 1 aliphatic heterocycles. The molecule has 1 N–H and O–H groups in total. The SMILES string of the molecule is Cc1nn(-c2nc3ccc(Br)cc3s2)c2c1[C@H](c1ccccc1[N+](=O)[O-])CC(=O)N2. The van der Waals surface area contributed by atoms with Crippen LogP contribution in [0.2, 0.25) is 0 Å². The van der Waals surface area contributed by atoms with E-state index in [-0.39, 0.29) is 18.0 Å². The van der Waals surface area contributed by atoms with Gasteiger partial charge in [0.1, 0.15) is 5.82 Å². The Morgan fingerprint density at radius 3 is 2.90 bits per heavy atom. The summed E-state index contributed by atoms with van der Waals surface area (Å²) in [7, 11) is 0. The average molecular weight is 484 g/mol. The van der Waals surface area contributed by atoms with Crippen molar-refractivity contribution in [3.8, 4) is 5.13 Å². The van der Waals surface area contributed by atoms with Gasteiger partial charge in [0, 0.05) is 34.0 Å². The Labute approximate surface area is 182 Å². The Morgan fingerprint density at radius 2 is 2.10 bits per heavy atom. The van der Waals surface area contributed by atoms with E-state index in [1.807, 2.05) is 25.1 Å². The van der Waals surface area contributed by atoms with Crippen LogP contribution >= 0.6 is 27.3 Å². The number of nitro benzene ring substituents is 1. The summed E-state index contributed by atoms with van der Waals surface area (Å²) in [5.41, 5.74) is 2.82. The molecule has 30 heavy (non-hydrogen) atoms. The van der Waals surface area contributed by atoms with Crippen LogP contribution in [0.4, 0.5) is 11.5 Å². The third kappa shape index (κ3) is 2.99. The maximum Gasteiger partial charge on any atom is 0.273 e. The molecule has 0 spiro atoms. The summed E-state index contributed by atoms with van der Waals surface area (Å²) in [5, 5.41) is 19.7. The van der Waals surface area contributed by atoms with Gasteiger partial charge in [-0.15, -0.1) is 0 Å². The van der Waals surface area contributed by atoms with Gasteiger partial charge in [0.15, 0.2) is 0 Å². The van der Waals surface area contributed by atoms with Gasteiger partial charge in [-0.05, 0) is 25.1 Å². The number of benzene rings is 2. The van der Waals surface area contributed by atoms with Gasteiger partial charge in [-0.2, -0.15) is 9.78 Å². The number of aromatic nitrogens is 3. The van der Waals surface area contributed by atoms with E-state index in [1.54, 1.807) is 22.9 Å². The summed E-state index contributed by atoms with van der Waals surface area (Å²) in [5.74, 6) is -0.145. The fraction of sp³-hybridized carbons (Fsp3) is 0.150. The minimum Gasteiger partial charge on any atom is -0.310 e. The molecule has 0 unspecified atom stereocenters. The summed E-state index contributed by atoms with van der Waals surface area (Å²) in [6, 6.07) is 12.4. The van der Waals surface area contributed by atoms with Crippen molar-refractivity contribution in [2.45, 2.75) is 19.3 Å². The molecule has 150 valence electrons. The molecule has 0 saturated carbocycles. The van der Waals surface area contributed by atoms with Crippen molar-refractivity contribution in [3.63, 3.8) is 0 Å². The van der Waals surface area contributed by atoms with Gasteiger partial charge in [0.05, 0.1) is 20.8 Å². The second kappa shape index (κ2) is 6.99. The minimum atomic E-state index is -0.451. The number of rotatable bonds is 3. The summed E-state index contributed by atoms with van der Waals surface area (Å²) >= 11 is 4.92. The number of para-hydroxylation sites is 1. The number of aryl methyl sites for hydroxylation is 1. The largest absolute Gasteiger partial charge is 0.310 e. The lowest BCUT2D eigenvalue weighted by Crippen LogP contribution is -2.25. The number of hydrogen-bond acceptors (Lipinski definition) is 6. The summed E-state index contributed by atoms with van der Waals surface area (Å²) in [4.78, 5) is 28.4. The third-order valence-corrected chi connectivity index (χ3v) is 6.62. The molecule has 1 aliphatic rings. The number of nitro groups is 1. The van der Waals surface area contributed by atoms with Gasteiger partial charge in [-0.1, -0.05) is 45.5 Å². The molecule has 1 atom stereocenters. The fourth-order valence-corrected chi connectivity index (χ4v) is 5.35. The molecule has 0 aliphatic carbocycles. The van der Waals surface area contributed by atoms with Crippen LogP contribution in [0.5, 0.6) is 0 Å². The first kappa shape index (κ1) is 18.9. The van der Waals surface area contributed by atoms with Gasteiger partial charge in [-0.3, -0.25) is 14.9 Å². The topological polar surface area (TPSA) is 103 Å². The van der Waals surface area contributed by atoms with Crippen molar-refractivity contribution in [1.82, 2.24) is 14.8 Å². The molecule has 5 rings (SSSR count). The zero-order chi connectivity index (χ0) is 21.0. The molecule has 0 saturated heterocycles. The predicted molar refractivity (Wildman–Crippen MR) is 117 cm³/mol. The highest BCUT2D eigenvalue weighted by Crippen LogP contribution is 2.43. The van der Waals surface area contributed by atoms with Crippen LogP contribution in [-0.2, 0) is 4.79 Å². The van der Waals surface area contributed by atoms with Gasteiger partial charge in [0.25, 0.3) is 5.69 Å². The smallest absolute Gasteiger partial charge is 0.273 e. The lowest BCUT2D eigenvalue weighted by Gasteiger charge is -2.23. The van der Waals surface area contributed by atoms with Crippen LogP contribution in [0.15, 0.2) is 46.9 Å². The maximum absolute atomic E-state index is 12.6. The Morgan fingerprint density at radius 1 is 1.30 bits per heavy atom. The predicted octanol–water partition coefficient (Wildman–Crippen LogP) is 4.94.